The van der Waals surface area contributed by atoms with Crippen LogP contribution in [0.2, 0.25) is 0 Å². The molecular formula is C19H23N3O2. The highest BCUT2D eigenvalue weighted by molar-refractivity contribution is 5.94. The van der Waals surface area contributed by atoms with Crippen molar-refractivity contribution >= 4 is 5.91 Å². The third-order valence-corrected chi connectivity index (χ3v) is 4.58. The molecule has 5 heteroatoms. The SMILES string of the molecule is Cc1cccc(CC2CCCN(C(=O)c3ccc(=O)n(C)c3)C2)n1. The van der Waals surface area contributed by atoms with Crippen LogP contribution in [0.25, 0.3) is 0 Å². The summed E-state index contributed by atoms with van der Waals surface area (Å²) in [5, 5.41) is 0. The Bertz CT molecular complexity index is 797. The maximum atomic E-state index is 12.7. The van der Waals surface area contributed by atoms with Crippen LogP contribution in [0.1, 0.15) is 34.6 Å². The number of hydrogen-bond acceptors (Lipinski definition) is 3. The van der Waals surface area contributed by atoms with Gasteiger partial charge in [-0.2, -0.15) is 0 Å². The first-order valence-corrected chi connectivity index (χ1v) is 8.41. The van der Waals surface area contributed by atoms with E-state index in [-0.39, 0.29) is 11.5 Å². The Morgan fingerprint density at radius 3 is 2.88 bits per heavy atom. The molecule has 0 radical (unpaired) electrons. The van der Waals surface area contributed by atoms with Gasteiger partial charge in [-0.05, 0) is 50.3 Å². The number of aryl methyl sites for hydroxylation is 2. The van der Waals surface area contributed by atoms with E-state index < -0.39 is 0 Å². The van der Waals surface area contributed by atoms with Gasteiger partial charge in [-0.1, -0.05) is 6.07 Å². The number of likely N-dealkylation sites (tertiary alicyclic amines) is 1. The molecular weight excluding hydrogens is 302 g/mol. The maximum Gasteiger partial charge on any atom is 0.255 e. The van der Waals surface area contributed by atoms with Crippen molar-refractivity contribution in [3.8, 4) is 0 Å². The Balaban J connectivity index is 1.69. The van der Waals surface area contributed by atoms with Crippen molar-refractivity contribution in [3.63, 3.8) is 0 Å². The summed E-state index contributed by atoms with van der Waals surface area (Å²) in [4.78, 5) is 30.7. The quantitative estimate of drug-likeness (QED) is 0.869. The van der Waals surface area contributed by atoms with Crippen LogP contribution in [-0.4, -0.2) is 33.4 Å². The van der Waals surface area contributed by atoms with Crippen LogP contribution >= 0.6 is 0 Å². The van der Waals surface area contributed by atoms with Gasteiger partial charge in [-0.25, -0.2) is 0 Å². The fourth-order valence-electron chi connectivity index (χ4n) is 3.33. The molecule has 126 valence electrons. The Morgan fingerprint density at radius 1 is 1.29 bits per heavy atom. The molecule has 5 nitrogen and oxygen atoms in total. The van der Waals surface area contributed by atoms with Crippen LogP contribution in [-0.2, 0) is 13.5 Å². The van der Waals surface area contributed by atoms with E-state index in [0.29, 0.717) is 11.5 Å². The lowest BCUT2D eigenvalue weighted by Gasteiger charge is -2.32. The highest BCUT2D eigenvalue weighted by atomic mass is 16.2. The molecule has 0 saturated carbocycles. The zero-order chi connectivity index (χ0) is 17.1. The summed E-state index contributed by atoms with van der Waals surface area (Å²) in [7, 11) is 1.67. The molecule has 3 heterocycles. The third kappa shape index (κ3) is 3.72. The predicted molar refractivity (Wildman–Crippen MR) is 93.0 cm³/mol. The van der Waals surface area contributed by atoms with Crippen LogP contribution in [0.5, 0.6) is 0 Å². The number of aromatic nitrogens is 2. The molecule has 1 aliphatic heterocycles. The highest BCUT2D eigenvalue weighted by Crippen LogP contribution is 2.21. The molecule has 1 amide bonds. The van der Waals surface area contributed by atoms with Gasteiger partial charge >= 0.3 is 0 Å². The summed E-state index contributed by atoms with van der Waals surface area (Å²) < 4.78 is 1.45. The van der Waals surface area contributed by atoms with Gasteiger partial charge in [0.15, 0.2) is 0 Å². The zero-order valence-corrected chi connectivity index (χ0v) is 14.2. The van der Waals surface area contributed by atoms with Crippen molar-refractivity contribution in [1.29, 1.82) is 0 Å². The van der Waals surface area contributed by atoms with E-state index in [1.807, 2.05) is 24.0 Å². The first-order chi connectivity index (χ1) is 11.5. The number of pyridine rings is 2. The standard InChI is InChI=1S/C19H23N3O2/c1-14-5-3-7-17(20-14)11-15-6-4-10-22(12-15)19(24)16-8-9-18(23)21(2)13-16/h3,5,7-9,13,15H,4,6,10-12H2,1-2H3. The second-order valence-electron chi connectivity index (χ2n) is 6.60. The normalized spacial score (nSPS) is 17.8. The number of piperidine rings is 1. The molecule has 1 atom stereocenters. The highest BCUT2D eigenvalue weighted by Gasteiger charge is 2.25. The van der Waals surface area contributed by atoms with E-state index in [0.717, 1.165) is 43.7 Å². The van der Waals surface area contributed by atoms with Gasteiger partial charge in [0.25, 0.3) is 5.91 Å². The number of nitrogens with zero attached hydrogens (tertiary/aromatic N) is 3. The summed E-state index contributed by atoms with van der Waals surface area (Å²) in [6.07, 6.45) is 4.65. The van der Waals surface area contributed by atoms with Gasteiger partial charge in [0.2, 0.25) is 5.56 Å². The lowest BCUT2D eigenvalue weighted by Crippen LogP contribution is -2.41. The van der Waals surface area contributed by atoms with Gasteiger partial charge in [0, 0.05) is 43.8 Å². The Morgan fingerprint density at radius 2 is 2.12 bits per heavy atom. The number of carbonyl (C=O) groups excluding carboxylic acids is 1. The summed E-state index contributed by atoms with van der Waals surface area (Å²) in [5.41, 5.74) is 2.60. The summed E-state index contributed by atoms with van der Waals surface area (Å²) in [6, 6.07) is 9.16. The van der Waals surface area contributed by atoms with E-state index >= 15 is 0 Å². The molecule has 3 rings (SSSR count). The van der Waals surface area contributed by atoms with Crippen molar-refractivity contribution in [3.05, 3.63) is 63.8 Å². The Kier molecular flexibility index (Phi) is 4.79. The van der Waals surface area contributed by atoms with E-state index in [2.05, 4.69) is 11.1 Å². The van der Waals surface area contributed by atoms with Crippen molar-refractivity contribution in [2.45, 2.75) is 26.2 Å². The van der Waals surface area contributed by atoms with E-state index in [1.165, 1.54) is 10.6 Å². The molecule has 2 aromatic heterocycles. The molecule has 1 aliphatic rings. The molecule has 1 fully saturated rings. The minimum atomic E-state index is -0.103. The Hall–Kier alpha value is -2.43. The van der Waals surface area contributed by atoms with Crippen molar-refractivity contribution < 1.29 is 4.79 Å². The van der Waals surface area contributed by atoms with Crippen LogP contribution in [0.15, 0.2) is 41.3 Å². The molecule has 0 aliphatic carbocycles. The molecule has 1 unspecified atom stereocenters. The second kappa shape index (κ2) is 6.99. The molecule has 2 aromatic rings. The fraction of sp³-hybridized carbons (Fsp3) is 0.421. The number of amides is 1. The first kappa shape index (κ1) is 16.4. The van der Waals surface area contributed by atoms with Crippen molar-refractivity contribution in [2.24, 2.45) is 13.0 Å². The molecule has 0 spiro atoms. The van der Waals surface area contributed by atoms with Gasteiger partial charge < -0.3 is 9.47 Å². The van der Waals surface area contributed by atoms with Gasteiger partial charge in [0.05, 0.1) is 5.56 Å². The van der Waals surface area contributed by atoms with E-state index in [1.54, 1.807) is 19.3 Å². The number of hydrogen-bond donors (Lipinski definition) is 0. The van der Waals surface area contributed by atoms with Crippen molar-refractivity contribution in [1.82, 2.24) is 14.5 Å². The molecule has 0 aromatic carbocycles. The van der Waals surface area contributed by atoms with Crippen LogP contribution in [0, 0.1) is 12.8 Å². The molecule has 0 N–H and O–H groups in total. The lowest BCUT2D eigenvalue weighted by molar-refractivity contribution is 0.0672. The zero-order valence-electron chi connectivity index (χ0n) is 14.2. The molecule has 0 bridgehead atoms. The molecule has 1 saturated heterocycles. The Labute approximate surface area is 141 Å². The number of rotatable bonds is 3. The van der Waals surface area contributed by atoms with Crippen LogP contribution < -0.4 is 5.56 Å². The fourth-order valence-corrected chi connectivity index (χ4v) is 3.33. The third-order valence-electron chi connectivity index (χ3n) is 4.58. The first-order valence-electron chi connectivity index (χ1n) is 8.41. The minimum absolute atomic E-state index is 0.00695. The van der Waals surface area contributed by atoms with Crippen LogP contribution in [0.4, 0.5) is 0 Å². The minimum Gasteiger partial charge on any atom is -0.338 e. The van der Waals surface area contributed by atoms with Crippen molar-refractivity contribution in [2.75, 3.05) is 13.1 Å². The summed E-state index contributed by atoms with van der Waals surface area (Å²) in [6.45, 7) is 3.52. The molecule has 24 heavy (non-hydrogen) atoms. The number of carbonyl (C=O) groups is 1. The summed E-state index contributed by atoms with van der Waals surface area (Å²) >= 11 is 0. The second-order valence-corrected chi connectivity index (χ2v) is 6.60. The maximum absolute atomic E-state index is 12.7. The van der Waals surface area contributed by atoms with Crippen LogP contribution in [0.3, 0.4) is 0 Å². The topological polar surface area (TPSA) is 55.2 Å². The smallest absolute Gasteiger partial charge is 0.255 e. The predicted octanol–water partition coefficient (Wildman–Crippen LogP) is 2.18. The van der Waals surface area contributed by atoms with E-state index in [9.17, 15) is 9.59 Å². The van der Waals surface area contributed by atoms with Gasteiger partial charge in [-0.3, -0.25) is 14.6 Å². The largest absolute Gasteiger partial charge is 0.338 e. The van der Waals surface area contributed by atoms with E-state index in [4.69, 9.17) is 0 Å². The monoisotopic (exact) mass is 325 g/mol. The van der Waals surface area contributed by atoms with Gasteiger partial charge in [-0.15, -0.1) is 0 Å². The van der Waals surface area contributed by atoms with Gasteiger partial charge in [0.1, 0.15) is 0 Å². The lowest BCUT2D eigenvalue weighted by atomic mass is 9.92. The summed E-state index contributed by atoms with van der Waals surface area (Å²) in [5.74, 6) is 0.442. The average molecular weight is 325 g/mol. The average Bonchev–Trinajstić information content (AvgIpc) is 2.57.